The van der Waals surface area contributed by atoms with E-state index in [2.05, 4.69) is 30.3 Å². The monoisotopic (exact) mass is 282 g/mol. The number of nitrogens with zero attached hydrogens (tertiary/aromatic N) is 4. The topological polar surface area (TPSA) is 102 Å². The van der Waals surface area contributed by atoms with Gasteiger partial charge in [0.15, 0.2) is 0 Å². The van der Waals surface area contributed by atoms with Gasteiger partial charge in [-0.2, -0.15) is 15.0 Å². The van der Waals surface area contributed by atoms with Gasteiger partial charge in [0.05, 0.1) is 20.3 Å². The largest absolute Gasteiger partial charge is 0.468 e. The van der Waals surface area contributed by atoms with Gasteiger partial charge in [-0.05, 0) is 0 Å². The highest BCUT2D eigenvalue weighted by Gasteiger charge is 2.16. The Morgan fingerprint density at radius 1 is 1.30 bits per heavy atom. The van der Waals surface area contributed by atoms with Crippen LogP contribution in [0, 0.1) is 0 Å². The lowest BCUT2D eigenvalue weighted by Crippen LogP contribution is -2.37. The molecule has 1 saturated heterocycles. The predicted octanol–water partition coefficient (Wildman–Crippen LogP) is -0.665. The second-order valence-electron chi connectivity index (χ2n) is 4.06. The summed E-state index contributed by atoms with van der Waals surface area (Å²) in [5, 5.41) is 5.69. The Bertz CT molecular complexity index is 463. The van der Waals surface area contributed by atoms with E-state index in [1.807, 2.05) is 4.90 Å². The number of carbonyl (C=O) groups is 1. The molecule has 0 atom stereocenters. The molecule has 2 heterocycles. The highest BCUT2D eigenvalue weighted by Crippen LogP contribution is 2.14. The summed E-state index contributed by atoms with van der Waals surface area (Å²) in [7, 11) is 3.05. The highest BCUT2D eigenvalue weighted by atomic mass is 16.5. The van der Waals surface area contributed by atoms with Crippen LogP contribution in [-0.2, 0) is 14.3 Å². The number of methoxy groups -OCH3 is 1. The average molecular weight is 282 g/mol. The summed E-state index contributed by atoms with van der Waals surface area (Å²) < 4.78 is 9.86. The third kappa shape index (κ3) is 3.67. The highest BCUT2D eigenvalue weighted by molar-refractivity contribution is 5.74. The second-order valence-corrected chi connectivity index (χ2v) is 4.06. The molecule has 1 aromatic heterocycles. The summed E-state index contributed by atoms with van der Waals surface area (Å²) in [6, 6.07) is 0. The van der Waals surface area contributed by atoms with E-state index in [1.165, 1.54) is 7.11 Å². The molecule has 9 heteroatoms. The molecule has 0 aromatic carbocycles. The van der Waals surface area contributed by atoms with Crippen molar-refractivity contribution in [1.29, 1.82) is 0 Å². The second kappa shape index (κ2) is 6.85. The maximum absolute atomic E-state index is 11.1. The Hall–Kier alpha value is -2.16. The third-order valence-corrected chi connectivity index (χ3v) is 2.76. The minimum Gasteiger partial charge on any atom is -0.468 e. The molecule has 1 aliphatic heterocycles. The summed E-state index contributed by atoms with van der Waals surface area (Å²) in [5.74, 6) is 0.939. The van der Waals surface area contributed by atoms with Gasteiger partial charge in [-0.1, -0.05) is 0 Å². The Labute approximate surface area is 116 Å². The molecule has 2 rings (SSSR count). The van der Waals surface area contributed by atoms with Gasteiger partial charge in [0.1, 0.15) is 6.54 Å². The van der Waals surface area contributed by atoms with Gasteiger partial charge in [0, 0.05) is 20.1 Å². The molecule has 0 aliphatic carbocycles. The molecule has 1 aliphatic rings. The molecule has 0 bridgehead atoms. The van der Waals surface area contributed by atoms with Crippen molar-refractivity contribution in [2.24, 2.45) is 0 Å². The molecule has 110 valence electrons. The average Bonchev–Trinajstić information content (AvgIpc) is 2.53. The van der Waals surface area contributed by atoms with E-state index in [0.29, 0.717) is 31.1 Å². The molecular formula is C11H18N6O3. The fourth-order valence-corrected chi connectivity index (χ4v) is 1.68. The summed E-state index contributed by atoms with van der Waals surface area (Å²) >= 11 is 0. The van der Waals surface area contributed by atoms with Crippen molar-refractivity contribution >= 4 is 23.8 Å². The van der Waals surface area contributed by atoms with E-state index in [4.69, 9.17) is 4.74 Å². The van der Waals surface area contributed by atoms with Crippen LogP contribution in [0.3, 0.4) is 0 Å². The maximum atomic E-state index is 11.1. The quantitative estimate of drug-likeness (QED) is 0.681. The van der Waals surface area contributed by atoms with Crippen LogP contribution < -0.4 is 15.5 Å². The van der Waals surface area contributed by atoms with E-state index in [0.717, 1.165) is 13.1 Å². The number of hydrogen-bond donors (Lipinski definition) is 2. The van der Waals surface area contributed by atoms with E-state index in [9.17, 15) is 4.79 Å². The van der Waals surface area contributed by atoms with Crippen LogP contribution in [0.25, 0.3) is 0 Å². The number of nitrogens with one attached hydrogen (secondary N) is 2. The van der Waals surface area contributed by atoms with Crippen molar-refractivity contribution in [1.82, 2.24) is 15.0 Å². The predicted molar refractivity (Wildman–Crippen MR) is 72.9 cm³/mol. The van der Waals surface area contributed by atoms with E-state index in [-0.39, 0.29) is 12.5 Å². The number of rotatable bonds is 5. The number of esters is 1. The van der Waals surface area contributed by atoms with Gasteiger partial charge >= 0.3 is 5.97 Å². The molecule has 1 aromatic rings. The number of hydrogen-bond acceptors (Lipinski definition) is 9. The fraction of sp³-hybridized carbons (Fsp3) is 0.636. The smallest absolute Gasteiger partial charge is 0.325 e. The zero-order chi connectivity index (χ0) is 14.4. The molecule has 9 nitrogen and oxygen atoms in total. The number of morpholine rings is 1. The molecule has 1 fully saturated rings. The van der Waals surface area contributed by atoms with Crippen LogP contribution in [0.2, 0.25) is 0 Å². The molecule has 0 spiro atoms. The lowest BCUT2D eigenvalue weighted by Gasteiger charge is -2.27. The molecule has 0 amide bonds. The van der Waals surface area contributed by atoms with Crippen LogP contribution in [0.15, 0.2) is 0 Å². The molecular weight excluding hydrogens is 264 g/mol. The Balaban J connectivity index is 2.12. The number of aromatic nitrogens is 3. The van der Waals surface area contributed by atoms with E-state index < -0.39 is 0 Å². The maximum Gasteiger partial charge on any atom is 0.325 e. The van der Waals surface area contributed by atoms with Crippen molar-refractivity contribution in [3.8, 4) is 0 Å². The molecule has 20 heavy (non-hydrogen) atoms. The Kier molecular flexibility index (Phi) is 4.88. The molecule has 0 unspecified atom stereocenters. The van der Waals surface area contributed by atoms with Crippen molar-refractivity contribution in [2.45, 2.75) is 0 Å². The van der Waals surface area contributed by atoms with Crippen molar-refractivity contribution < 1.29 is 14.3 Å². The van der Waals surface area contributed by atoms with Crippen LogP contribution in [0.1, 0.15) is 0 Å². The molecule has 0 saturated carbocycles. The van der Waals surface area contributed by atoms with Crippen LogP contribution in [-0.4, -0.2) is 67.9 Å². The molecule has 2 N–H and O–H groups in total. The zero-order valence-electron chi connectivity index (χ0n) is 11.5. The first kappa shape index (κ1) is 14.3. The zero-order valence-corrected chi connectivity index (χ0v) is 11.5. The van der Waals surface area contributed by atoms with Crippen molar-refractivity contribution in [3.05, 3.63) is 0 Å². The molecule has 0 radical (unpaired) electrons. The SMILES string of the molecule is CNc1nc(NCC(=O)OC)nc(N2CCOCC2)n1. The summed E-state index contributed by atoms with van der Waals surface area (Å²) in [5.41, 5.74) is 0. The first-order valence-electron chi connectivity index (χ1n) is 6.30. The minimum absolute atomic E-state index is 0.00617. The lowest BCUT2D eigenvalue weighted by atomic mass is 10.4. The number of carbonyl (C=O) groups excluding carboxylic acids is 1. The lowest BCUT2D eigenvalue weighted by molar-refractivity contribution is -0.138. The van der Waals surface area contributed by atoms with E-state index >= 15 is 0 Å². The van der Waals surface area contributed by atoms with Crippen LogP contribution in [0.4, 0.5) is 17.8 Å². The van der Waals surface area contributed by atoms with Crippen LogP contribution >= 0.6 is 0 Å². The van der Waals surface area contributed by atoms with Gasteiger partial charge in [-0.15, -0.1) is 0 Å². The van der Waals surface area contributed by atoms with Crippen molar-refractivity contribution in [2.75, 3.05) is 62.5 Å². The van der Waals surface area contributed by atoms with Crippen LogP contribution in [0.5, 0.6) is 0 Å². The Morgan fingerprint density at radius 3 is 2.65 bits per heavy atom. The Morgan fingerprint density at radius 2 is 2.00 bits per heavy atom. The van der Waals surface area contributed by atoms with Gasteiger partial charge in [0.25, 0.3) is 0 Å². The summed E-state index contributed by atoms with van der Waals surface area (Å²) in [4.78, 5) is 25.9. The van der Waals surface area contributed by atoms with E-state index in [1.54, 1.807) is 7.05 Å². The van der Waals surface area contributed by atoms with Gasteiger partial charge in [-0.3, -0.25) is 4.79 Å². The first-order valence-corrected chi connectivity index (χ1v) is 6.30. The number of ether oxygens (including phenoxy) is 2. The van der Waals surface area contributed by atoms with Crippen molar-refractivity contribution in [3.63, 3.8) is 0 Å². The summed E-state index contributed by atoms with van der Waals surface area (Å²) in [6.07, 6.45) is 0. The van der Waals surface area contributed by atoms with Gasteiger partial charge in [0.2, 0.25) is 17.8 Å². The first-order chi connectivity index (χ1) is 9.72. The number of anilines is 3. The van der Waals surface area contributed by atoms with Gasteiger partial charge in [-0.25, -0.2) is 0 Å². The van der Waals surface area contributed by atoms with Gasteiger partial charge < -0.3 is 25.0 Å². The summed E-state index contributed by atoms with van der Waals surface area (Å²) in [6.45, 7) is 2.75. The fourth-order valence-electron chi connectivity index (χ4n) is 1.68. The standard InChI is InChI=1S/C11H18N6O3/c1-12-9-14-10(13-7-8(18)19-2)16-11(15-9)17-3-5-20-6-4-17/h3-7H2,1-2H3,(H2,12,13,14,15,16). The third-order valence-electron chi connectivity index (χ3n) is 2.76. The minimum atomic E-state index is -0.385. The normalized spacial score (nSPS) is 14.8.